The number of nitrogens with zero attached hydrogens (tertiary/aromatic N) is 2. The first-order chi connectivity index (χ1) is 20.2. The van der Waals surface area contributed by atoms with Crippen molar-refractivity contribution in [2.75, 3.05) is 0 Å². The van der Waals surface area contributed by atoms with Crippen LogP contribution in [0.2, 0.25) is 0 Å². The average molecular weight is 790 g/mol. The Balaban J connectivity index is 0.000000331. The summed E-state index contributed by atoms with van der Waals surface area (Å²) in [6.07, 6.45) is 8.56. The van der Waals surface area contributed by atoms with Gasteiger partial charge in [0.2, 0.25) is 0 Å². The van der Waals surface area contributed by atoms with Gasteiger partial charge in [-0.1, -0.05) is 97.5 Å². The van der Waals surface area contributed by atoms with E-state index in [2.05, 4.69) is 73.2 Å². The van der Waals surface area contributed by atoms with Crippen LogP contribution in [0.5, 0.6) is 0 Å². The first-order valence-electron chi connectivity index (χ1n) is 15.5. The summed E-state index contributed by atoms with van der Waals surface area (Å²) < 4.78 is 0. The first-order valence-corrected chi connectivity index (χ1v) is 16.3. The molecule has 0 bridgehead atoms. The standard InChI is InChI=1S/C23H21N2S.C15H28O2.Ir/c1-15-25-14-22(26-15)17-9-10-24-21(13-17)18-11-16-7-5-6-8-19(16)20(12-18)23(2,3)4;1-7-14(5,8-2)12(16)11-13(17)15(6,9-3)10-4;/h5-10,12-14H,1-4H3;11,16H,7-10H2,1-6H3;/q-1;;/b;12-11-;. The number of pyridine rings is 1. The van der Waals surface area contributed by atoms with E-state index in [4.69, 9.17) is 0 Å². The van der Waals surface area contributed by atoms with E-state index in [-0.39, 0.29) is 47.9 Å². The Morgan fingerprint density at radius 2 is 1.52 bits per heavy atom. The second-order valence-corrected chi connectivity index (χ2v) is 14.2. The molecular formula is C38H49IrN2O2S-. The van der Waals surface area contributed by atoms with Crippen LogP contribution in [0, 0.1) is 23.8 Å². The zero-order chi connectivity index (χ0) is 32.0. The molecule has 0 aliphatic heterocycles. The number of benzene rings is 2. The molecule has 4 aromatic rings. The second kappa shape index (κ2) is 15.6. The Morgan fingerprint density at radius 1 is 0.909 bits per heavy atom. The monoisotopic (exact) mass is 790 g/mol. The van der Waals surface area contributed by atoms with Crippen molar-refractivity contribution in [2.45, 2.75) is 100 Å². The smallest absolute Gasteiger partial charge is 0.164 e. The molecule has 4 nitrogen and oxygen atoms in total. The Morgan fingerprint density at radius 3 is 2.07 bits per heavy atom. The van der Waals surface area contributed by atoms with Crippen molar-refractivity contribution in [1.82, 2.24) is 9.97 Å². The van der Waals surface area contributed by atoms with Gasteiger partial charge in [0.25, 0.3) is 0 Å². The van der Waals surface area contributed by atoms with Gasteiger partial charge in [0.1, 0.15) is 5.76 Å². The van der Waals surface area contributed by atoms with E-state index in [1.807, 2.05) is 66.9 Å². The topological polar surface area (TPSA) is 63.1 Å². The number of rotatable bonds is 9. The predicted octanol–water partition coefficient (Wildman–Crippen LogP) is 11.1. The number of carbonyl (C=O) groups is 1. The van der Waals surface area contributed by atoms with Crippen molar-refractivity contribution in [3.05, 3.63) is 83.3 Å². The number of aromatic nitrogens is 2. The largest absolute Gasteiger partial charge is 0.512 e. The molecule has 4 rings (SSSR count). The van der Waals surface area contributed by atoms with Crippen molar-refractivity contribution in [2.24, 2.45) is 10.8 Å². The van der Waals surface area contributed by atoms with Crippen molar-refractivity contribution in [1.29, 1.82) is 0 Å². The molecule has 44 heavy (non-hydrogen) atoms. The van der Waals surface area contributed by atoms with Gasteiger partial charge in [0.15, 0.2) is 5.78 Å². The molecule has 0 atom stereocenters. The van der Waals surface area contributed by atoms with E-state index in [0.29, 0.717) is 0 Å². The molecule has 239 valence electrons. The molecule has 0 spiro atoms. The Kier molecular flexibility index (Phi) is 13.3. The van der Waals surface area contributed by atoms with Gasteiger partial charge in [0.05, 0.1) is 9.88 Å². The summed E-state index contributed by atoms with van der Waals surface area (Å²) in [6.45, 7) is 20.9. The average Bonchev–Trinajstić information content (AvgIpc) is 3.45. The van der Waals surface area contributed by atoms with E-state index < -0.39 is 0 Å². The molecule has 0 aliphatic carbocycles. The van der Waals surface area contributed by atoms with Crippen molar-refractivity contribution in [3.63, 3.8) is 0 Å². The number of ketones is 1. The van der Waals surface area contributed by atoms with Gasteiger partial charge in [-0.25, -0.2) is 4.98 Å². The number of carbonyl (C=O) groups excluding carboxylic acids is 1. The fourth-order valence-electron chi connectivity index (χ4n) is 4.90. The van der Waals surface area contributed by atoms with Gasteiger partial charge in [-0.3, -0.25) is 9.78 Å². The molecule has 1 radical (unpaired) electrons. The van der Waals surface area contributed by atoms with Crippen LogP contribution in [-0.4, -0.2) is 20.9 Å². The Hall–Kier alpha value is -2.66. The van der Waals surface area contributed by atoms with Gasteiger partial charge in [0, 0.05) is 55.1 Å². The molecule has 1 N–H and O–H groups in total. The zero-order valence-corrected chi connectivity index (χ0v) is 31.3. The third-order valence-corrected chi connectivity index (χ3v) is 10.1. The van der Waals surface area contributed by atoms with Crippen LogP contribution < -0.4 is 0 Å². The molecular weight excluding hydrogens is 741 g/mol. The molecule has 6 heteroatoms. The van der Waals surface area contributed by atoms with Gasteiger partial charge >= 0.3 is 0 Å². The van der Waals surface area contributed by atoms with Crippen LogP contribution >= 0.6 is 11.3 Å². The molecule has 2 aromatic heterocycles. The second-order valence-electron chi connectivity index (χ2n) is 13.0. The number of thiazole rings is 1. The van der Waals surface area contributed by atoms with Gasteiger partial charge in [-0.15, -0.1) is 40.5 Å². The molecule has 0 fully saturated rings. The van der Waals surface area contributed by atoms with E-state index >= 15 is 0 Å². The molecule has 2 heterocycles. The van der Waals surface area contributed by atoms with E-state index in [1.54, 1.807) is 11.3 Å². The zero-order valence-electron chi connectivity index (χ0n) is 28.1. The van der Waals surface area contributed by atoms with Crippen LogP contribution in [0.4, 0.5) is 0 Å². The van der Waals surface area contributed by atoms with Crippen molar-refractivity contribution in [3.8, 4) is 21.7 Å². The quantitative estimate of drug-likeness (QED) is 0.104. The maximum absolute atomic E-state index is 12.2. The minimum Gasteiger partial charge on any atom is -0.512 e. The molecule has 0 saturated heterocycles. The Bertz CT molecular complexity index is 1570. The van der Waals surface area contributed by atoms with Crippen LogP contribution in [0.25, 0.3) is 32.5 Å². The Labute approximate surface area is 282 Å². The maximum atomic E-state index is 12.2. The fraction of sp³-hybridized carbons (Fsp3) is 0.447. The summed E-state index contributed by atoms with van der Waals surface area (Å²) in [5.74, 6) is 0.286. The summed E-state index contributed by atoms with van der Waals surface area (Å²) in [5.41, 5.74) is 3.91. The SMILES string of the molecule is CCC(C)(CC)C(=O)/C=C(\O)C(C)(CC)CC.Cc1ncc(-c2ccnc(-c3[c-]c4ccccc4c(C(C)(C)C)c3)c2)s1.[Ir]. The van der Waals surface area contributed by atoms with Crippen molar-refractivity contribution < 1.29 is 30.0 Å². The van der Waals surface area contributed by atoms with Gasteiger partial charge in [-0.05, 0) is 49.7 Å². The summed E-state index contributed by atoms with van der Waals surface area (Å²) in [6, 6.07) is 18.5. The third kappa shape index (κ3) is 8.74. The third-order valence-electron chi connectivity index (χ3n) is 9.13. The van der Waals surface area contributed by atoms with Crippen LogP contribution in [-0.2, 0) is 30.3 Å². The summed E-state index contributed by atoms with van der Waals surface area (Å²) in [4.78, 5) is 22.3. The molecule has 2 aromatic carbocycles. The number of aliphatic hydroxyl groups excluding tert-OH is 1. The summed E-state index contributed by atoms with van der Waals surface area (Å²) >= 11 is 1.71. The minimum absolute atomic E-state index is 0. The predicted molar refractivity (Wildman–Crippen MR) is 184 cm³/mol. The van der Waals surface area contributed by atoms with Crippen LogP contribution in [0.1, 0.15) is 98.6 Å². The number of aryl methyl sites for hydroxylation is 1. The van der Waals surface area contributed by atoms with Gasteiger partial charge in [-0.2, -0.15) is 0 Å². The maximum Gasteiger partial charge on any atom is 0.164 e. The van der Waals surface area contributed by atoms with E-state index in [9.17, 15) is 9.90 Å². The number of hydrogen-bond acceptors (Lipinski definition) is 5. The molecule has 0 amide bonds. The summed E-state index contributed by atoms with van der Waals surface area (Å²) in [7, 11) is 0. The number of allylic oxidation sites excluding steroid dienone is 2. The van der Waals surface area contributed by atoms with E-state index in [1.165, 1.54) is 21.9 Å². The number of fused-ring (bicyclic) bond motifs is 1. The van der Waals surface area contributed by atoms with Crippen molar-refractivity contribution >= 4 is 27.9 Å². The number of aliphatic hydroxyl groups is 1. The van der Waals surface area contributed by atoms with Crippen LogP contribution in [0.15, 0.2) is 66.7 Å². The molecule has 0 saturated carbocycles. The molecule has 0 aliphatic rings. The van der Waals surface area contributed by atoms with Crippen LogP contribution in [0.3, 0.4) is 0 Å². The summed E-state index contributed by atoms with van der Waals surface area (Å²) in [5, 5.41) is 13.6. The first kappa shape index (κ1) is 37.5. The number of hydrogen-bond donors (Lipinski definition) is 1. The van der Waals surface area contributed by atoms with Gasteiger partial charge < -0.3 is 5.11 Å². The van der Waals surface area contributed by atoms with E-state index in [0.717, 1.165) is 52.9 Å². The minimum atomic E-state index is -0.337. The normalized spacial score (nSPS) is 12.4. The molecule has 0 unspecified atom stereocenters. The fourth-order valence-corrected chi connectivity index (χ4v) is 5.67.